The molecule has 0 radical (unpaired) electrons. The van der Waals surface area contributed by atoms with Gasteiger partial charge < -0.3 is 10.3 Å². The van der Waals surface area contributed by atoms with Gasteiger partial charge in [0.2, 0.25) is 5.95 Å². The Balaban J connectivity index is 2.58. The van der Waals surface area contributed by atoms with Gasteiger partial charge in [-0.15, -0.1) is 10.2 Å². The molecule has 0 saturated carbocycles. The fourth-order valence-electron chi connectivity index (χ4n) is 0.685. The van der Waals surface area contributed by atoms with Gasteiger partial charge in [-0.3, -0.25) is 0 Å². The Hall–Kier alpha value is -1.06. The third-order valence-corrected chi connectivity index (χ3v) is 1.02. The van der Waals surface area contributed by atoms with E-state index in [1.165, 1.54) is 0 Å². The zero-order chi connectivity index (χ0) is 7.56. The van der Waals surface area contributed by atoms with E-state index in [9.17, 15) is 0 Å². The lowest BCUT2D eigenvalue weighted by atomic mass is 10.4. The van der Waals surface area contributed by atoms with Crippen molar-refractivity contribution in [2.75, 3.05) is 5.32 Å². The molecule has 0 bridgehead atoms. The fourth-order valence-corrected chi connectivity index (χ4v) is 0.685. The third kappa shape index (κ3) is 1.72. The molecule has 1 rings (SSSR count). The SMILES string of the molecule is Cc1nnc(NC(C)C)[nH]1. The van der Waals surface area contributed by atoms with Crippen LogP contribution in [0, 0.1) is 6.92 Å². The first-order valence-corrected chi connectivity index (χ1v) is 3.34. The first kappa shape index (κ1) is 7.05. The van der Waals surface area contributed by atoms with Crippen molar-refractivity contribution in [2.24, 2.45) is 0 Å². The Morgan fingerprint density at radius 3 is 2.50 bits per heavy atom. The van der Waals surface area contributed by atoms with E-state index in [-0.39, 0.29) is 0 Å². The van der Waals surface area contributed by atoms with Crippen LogP contribution in [0.25, 0.3) is 0 Å². The van der Waals surface area contributed by atoms with Crippen LogP contribution in [0.2, 0.25) is 0 Å². The van der Waals surface area contributed by atoms with Crippen molar-refractivity contribution in [3.8, 4) is 0 Å². The van der Waals surface area contributed by atoms with Crippen molar-refractivity contribution in [1.82, 2.24) is 15.2 Å². The van der Waals surface area contributed by atoms with E-state index in [2.05, 4.69) is 34.3 Å². The molecule has 0 aromatic carbocycles. The summed E-state index contributed by atoms with van der Waals surface area (Å²) in [5.41, 5.74) is 0. The minimum Gasteiger partial charge on any atom is -0.352 e. The van der Waals surface area contributed by atoms with E-state index in [0.29, 0.717) is 6.04 Å². The van der Waals surface area contributed by atoms with Gasteiger partial charge in [-0.05, 0) is 20.8 Å². The molecule has 0 aliphatic heterocycles. The second-order valence-electron chi connectivity index (χ2n) is 2.56. The first-order valence-electron chi connectivity index (χ1n) is 3.34. The maximum Gasteiger partial charge on any atom is 0.222 e. The van der Waals surface area contributed by atoms with E-state index in [1.54, 1.807) is 0 Å². The quantitative estimate of drug-likeness (QED) is 0.642. The van der Waals surface area contributed by atoms with Crippen LogP contribution >= 0.6 is 0 Å². The molecule has 2 N–H and O–H groups in total. The topological polar surface area (TPSA) is 53.6 Å². The van der Waals surface area contributed by atoms with Crippen molar-refractivity contribution in [2.45, 2.75) is 26.8 Å². The van der Waals surface area contributed by atoms with E-state index >= 15 is 0 Å². The Morgan fingerprint density at radius 1 is 1.40 bits per heavy atom. The number of aryl methyl sites for hydroxylation is 1. The third-order valence-electron chi connectivity index (χ3n) is 1.02. The zero-order valence-corrected chi connectivity index (χ0v) is 6.47. The minimum atomic E-state index is 0.396. The Kier molecular flexibility index (Phi) is 1.89. The highest BCUT2D eigenvalue weighted by Gasteiger charge is 1.97. The highest BCUT2D eigenvalue weighted by Crippen LogP contribution is 1.98. The molecule has 0 saturated heterocycles. The summed E-state index contributed by atoms with van der Waals surface area (Å²) in [6, 6.07) is 0.396. The summed E-state index contributed by atoms with van der Waals surface area (Å²) in [6.45, 7) is 5.98. The zero-order valence-electron chi connectivity index (χ0n) is 6.47. The largest absolute Gasteiger partial charge is 0.352 e. The minimum absolute atomic E-state index is 0.396. The molecule has 0 fully saturated rings. The van der Waals surface area contributed by atoms with Crippen LogP contribution in [0.5, 0.6) is 0 Å². The van der Waals surface area contributed by atoms with Crippen LogP contribution in [0.4, 0.5) is 5.95 Å². The average Bonchev–Trinajstić information content (AvgIpc) is 2.13. The second-order valence-corrected chi connectivity index (χ2v) is 2.56. The molecule has 4 heteroatoms. The maximum absolute atomic E-state index is 3.84. The van der Waals surface area contributed by atoms with E-state index < -0.39 is 0 Å². The van der Waals surface area contributed by atoms with Gasteiger partial charge in [0.05, 0.1) is 0 Å². The smallest absolute Gasteiger partial charge is 0.222 e. The summed E-state index contributed by atoms with van der Waals surface area (Å²) in [4.78, 5) is 2.97. The predicted molar refractivity (Wildman–Crippen MR) is 39.9 cm³/mol. The molecular weight excluding hydrogens is 128 g/mol. The van der Waals surface area contributed by atoms with Gasteiger partial charge in [0, 0.05) is 6.04 Å². The highest BCUT2D eigenvalue weighted by atomic mass is 15.3. The average molecular weight is 140 g/mol. The predicted octanol–water partition coefficient (Wildman–Crippen LogP) is 0.933. The molecule has 0 unspecified atom stereocenters. The summed E-state index contributed by atoms with van der Waals surface area (Å²) in [6.07, 6.45) is 0. The van der Waals surface area contributed by atoms with Gasteiger partial charge in [0.25, 0.3) is 0 Å². The first-order chi connectivity index (χ1) is 4.68. The molecule has 0 aliphatic rings. The molecule has 1 heterocycles. The highest BCUT2D eigenvalue weighted by molar-refractivity contribution is 5.23. The van der Waals surface area contributed by atoms with Crippen molar-refractivity contribution in [3.63, 3.8) is 0 Å². The van der Waals surface area contributed by atoms with E-state index in [4.69, 9.17) is 0 Å². The molecule has 0 atom stereocenters. The summed E-state index contributed by atoms with van der Waals surface area (Å²) >= 11 is 0. The molecule has 4 nitrogen and oxygen atoms in total. The second kappa shape index (κ2) is 2.68. The summed E-state index contributed by atoms with van der Waals surface area (Å²) in [5, 5.41) is 10.7. The number of anilines is 1. The van der Waals surface area contributed by atoms with Gasteiger partial charge >= 0.3 is 0 Å². The lowest BCUT2D eigenvalue weighted by molar-refractivity contribution is 0.876. The lowest BCUT2D eigenvalue weighted by Gasteiger charge is -2.03. The van der Waals surface area contributed by atoms with Crippen molar-refractivity contribution < 1.29 is 0 Å². The molecule has 56 valence electrons. The summed E-state index contributed by atoms with van der Waals surface area (Å²) in [7, 11) is 0. The van der Waals surface area contributed by atoms with E-state index in [0.717, 1.165) is 11.8 Å². The van der Waals surface area contributed by atoms with Crippen molar-refractivity contribution in [1.29, 1.82) is 0 Å². The number of aromatic nitrogens is 3. The number of H-pyrrole nitrogens is 1. The number of nitrogens with zero attached hydrogens (tertiary/aromatic N) is 2. The molecule has 0 aliphatic carbocycles. The Labute approximate surface area is 60.1 Å². The van der Waals surface area contributed by atoms with Gasteiger partial charge in [-0.2, -0.15) is 0 Å². The van der Waals surface area contributed by atoms with Gasteiger partial charge in [0.1, 0.15) is 5.82 Å². The molecule has 10 heavy (non-hydrogen) atoms. The normalized spacial score (nSPS) is 10.4. The van der Waals surface area contributed by atoms with Crippen LogP contribution in [0.3, 0.4) is 0 Å². The van der Waals surface area contributed by atoms with Crippen LogP contribution in [-0.4, -0.2) is 21.2 Å². The summed E-state index contributed by atoms with van der Waals surface area (Å²) in [5.74, 6) is 1.58. The molecule has 1 aromatic rings. The van der Waals surface area contributed by atoms with Gasteiger partial charge in [-0.1, -0.05) is 0 Å². The standard InChI is InChI=1S/C6H12N4/c1-4(2)7-6-8-5(3)9-10-6/h4H,1-3H3,(H2,7,8,9,10). The Morgan fingerprint density at radius 2 is 2.10 bits per heavy atom. The number of hydrogen-bond donors (Lipinski definition) is 2. The number of hydrogen-bond acceptors (Lipinski definition) is 3. The lowest BCUT2D eigenvalue weighted by Crippen LogP contribution is -2.10. The van der Waals surface area contributed by atoms with Gasteiger partial charge in [-0.25, -0.2) is 0 Å². The van der Waals surface area contributed by atoms with Gasteiger partial charge in [0.15, 0.2) is 0 Å². The fraction of sp³-hybridized carbons (Fsp3) is 0.667. The molecule has 1 aromatic heterocycles. The van der Waals surface area contributed by atoms with Crippen LogP contribution < -0.4 is 5.32 Å². The van der Waals surface area contributed by atoms with Crippen LogP contribution in [-0.2, 0) is 0 Å². The Bertz CT molecular complexity index is 203. The number of nitrogens with one attached hydrogen (secondary N) is 2. The monoisotopic (exact) mass is 140 g/mol. The van der Waals surface area contributed by atoms with Crippen LogP contribution in [0.15, 0.2) is 0 Å². The number of rotatable bonds is 2. The summed E-state index contributed by atoms with van der Waals surface area (Å²) < 4.78 is 0. The molecule has 0 spiro atoms. The van der Waals surface area contributed by atoms with Crippen LogP contribution in [0.1, 0.15) is 19.7 Å². The van der Waals surface area contributed by atoms with Crippen molar-refractivity contribution >= 4 is 5.95 Å². The van der Waals surface area contributed by atoms with Crippen molar-refractivity contribution in [3.05, 3.63) is 5.82 Å². The van der Waals surface area contributed by atoms with E-state index in [1.807, 2.05) is 6.92 Å². The maximum atomic E-state index is 3.84. The molecular formula is C6H12N4. The number of aromatic amines is 1. The molecule has 0 amide bonds.